The van der Waals surface area contributed by atoms with Crippen molar-refractivity contribution in [3.05, 3.63) is 0 Å². The summed E-state index contributed by atoms with van der Waals surface area (Å²) in [7, 11) is 16.4. The Labute approximate surface area is 545 Å². The molecular weight excluding hydrogens is 1160 g/mol. The fraction of sp³-hybridized carbons (Fsp3) is 0.848. The molecule has 0 aliphatic carbocycles. The quantitative estimate of drug-likeness (QED) is 0.0291. The number of aliphatic carboxylic acids is 1. The maximum Gasteiger partial charge on any atom is 0.340 e. The first-order valence-corrected chi connectivity index (χ1v) is 32.1. The number of aliphatic imine (C=N–C) groups is 2. The van der Waals surface area contributed by atoms with E-state index in [0.717, 1.165) is 77.5 Å². The van der Waals surface area contributed by atoms with Crippen LogP contribution in [0, 0.1) is 29.6 Å². The fourth-order valence-electron chi connectivity index (χ4n) is 6.26. The van der Waals surface area contributed by atoms with Crippen LogP contribution in [0.4, 0.5) is 0 Å². The van der Waals surface area contributed by atoms with E-state index in [1.54, 1.807) is 62.3 Å². The van der Waals surface area contributed by atoms with Gasteiger partial charge in [-0.25, -0.2) is 29.2 Å². The van der Waals surface area contributed by atoms with E-state index in [2.05, 4.69) is 73.1 Å². The van der Waals surface area contributed by atoms with Gasteiger partial charge in [-0.3, -0.25) is 14.4 Å². The number of rotatable bonds is 30. The molecule has 2 aliphatic heterocycles. The molecule has 24 nitrogen and oxygen atoms in total. The average Bonchev–Trinajstić information content (AvgIpc) is 1.89. The largest absolute Gasteiger partial charge is 0.548 e. The number of carbonyl (C=O) groups is 8. The predicted molar refractivity (Wildman–Crippen MR) is 357 cm³/mol. The maximum absolute atomic E-state index is 11.9. The summed E-state index contributed by atoms with van der Waals surface area (Å²) in [4.78, 5) is 106. The molecule has 8 N–H and O–H groups in total. The van der Waals surface area contributed by atoms with Crippen molar-refractivity contribution in [1.82, 2.24) is 20.9 Å². The molecule has 0 bridgehead atoms. The third-order valence-corrected chi connectivity index (χ3v) is 14.0. The molecule has 0 aromatic carbocycles. The molecular formula is C66H135N9O15+2. The normalized spacial score (nSPS) is 15.4. The molecule has 2 aliphatic rings. The van der Waals surface area contributed by atoms with Gasteiger partial charge in [-0.1, -0.05) is 76.7 Å². The Hall–Kier alpha value is -5.14. The van der Waals surface area contributed by atoms with Gasteiger partial charge in [-0.15, -0.1) is 0 Å². The third kappa shape index (κ3) is 46.0. The number of nitrogens with zero attached hydrogens (tertiary/aromatic N) is 3. The Morgan fingerprint density at radius 1 is 0.533 bits per heavy atom. The van der Waals surface area contributed by atoms with Crippen LogP contribution >= 0.6 is 0 Å². The van der Waals surface area contributed by atoms with Crippen molar-refractivity contribution in [2.24, 2.45) is 39.6 Å². The van der Waals surface area contributed by atoms with Crippen LogP contribution in [0.2, 0.25) is 0 Å². The van der Waals surface area contributed by atoms with Gasteiger partial charge in [0.15, 0.2) is 22.9 Å². The first kappa shape index (κ1) is 96.0. The molecule has 0 aromatic rings. The number of carbonyl (C=O) groups excluding carboxylic acids is 8. The Morgan fingerprint density at radius 2 is 0.811 bits per heavy atom. The molecule has 532 valence electrons. The van der Waals surface area contributed by atoms with Gasteiger partial charge in [0.05, 0.1) is 86.6 Å². The van der Waals surface area contributed by atoms with Crippen molar-refractivity contribution in [1.29, 1.82) is 0 Å². The number of nitrogens with one attached hydrogen (secondary N) is 6. The van der Waals surface area contributed by atoms with Gasteiger partial charge in [0, 0.05) is 62.1 Å². The summed E-state index contributed by atoms with van der Waals surface area (Å²) in [6.45, 7) is 41.3. The lowest BCUT2D eigenvalue weighted by Crippen LogP contribution is -3.05. The van der Waals surface area contributed by atoms with Crippen LogP contribution in [-0.4, -0.2) is 211 Å². The summed E-state index contributed by atoms with van der Waals surface area (Å²) in [5.74, 6) is -1.66. The van der Waals surface area contributed by atoms with Crippen molar-refractivity contribution in [2.75, 3.05) is 109 Å². The number of amides is 3. The zero-order valence-corrected chi connectivity index (χ0v) is 61.0. The molecule has 90 heavy (non-hydrogen) atoms. The van der Waals surface area contributed by atoms with E-state index in [9.17, 15) is 43.5 Å². The number of aliphatic hydroxyl groups is 2. The highest BCUT2D eigenvalue weighted by Gasteiger charge is 2.39. The molecule has 0 saturated carbocycles. The van der Waals surface area contributed by atoms with E-state index in [1.165, 1.54) is 28.5 Å². The number of hydrogen-bond donors (Lipinski definition) is 8. The molecule has 0 spiro atoms. The zero-order valence-electron chi connectivity index (χ0n) is 61.0. The van der Waals surface area contributed by atoms with Crippen LogP contribution in [0.15, 0.2) is 9.98 Å². The molecule has 0 fully saturated rings. The van der Waals surface area contributed by atoms with Crippen LogP contribution in [0.5, 0.6) is 0 Å². The molecule has 5 atom stereocenters. The fourth-order valence-corrected chi connectivity index (χ4v) is 6.26. The average molecular weight is 1290 g/mol. The number of ether oxygens (including phenoxy) is 4. The number of carboxylic acids is 1. The smallest absolute Gasteiger partial charge is 0.340 e. The van der Waals surface area contributed by atoms with E-state index in [-0.39, 0.29) is 78.6 Å². The highest BCUT2D eigenvalue weighted by molar-refractivity contribution is 6.01. The molecule has 24 heteroatoms. The van der Waals surface area contributed by atoms with E-state index < -0.39 is 33.7 Å². The van der Waals surface area contributed by atoms with Crippen LogP contribution in [0.1, 0.15) is 204 Å². The van der Waals surface area contributed by atoms with Gasteiger partial charge in [0.2, 0.25) is 17.7 Å². The monoisotopic (exact) mass is 1290 g/mol. The summed E-state index contributed by atoms with van der Waals surface area (Å²) < 4.78 is 20.5. The van der Waals surface area contributed by atoms with Crippen LogP contribution < -0.4 is 35.8 Å². The molecule has 2 rings (SSSR count). The number of aliphatic hydroxyl groups excluding tert-OH is 2. The van der Waals surface area contributed by atoms with Gasteiger partial charge in [-0.2, -0.15) is 0 Å². The van der Waals surface area contributed by atoms with Gasteiger partial charge in [0.1, 0.15) is 11.1 Å². The minimum atomic E-state index is -1.29. The first-order valence-electron chi connectivity index (χ1n) is 32.1. The second-order valence-corrected chi connectivity index (χ2v) is 26.8. The number of esters is 4. The lowest BCUT2D eigenvalue weighted by atomic mass is 10.0. The number of carboxylic acid groups (broad SMARTS) is 1. The third-order valence-electron chi connectivity index (χ3n) is 14.0. The van der Waals surface area contributed by atoms with Crippen molar-refractivity contribution in [2.45, 2.75) is 231 Å². The molecule has 5 unspecified atom stereocenters. The summed E-state index contributed by atoms with van der Waals surface area (Å²) in [5, 5.41) is 35.0. The second kappa shape index (κ2) is 49.5. The molecule has 3 amide bonds. The molecule has 0 radical (unpaired) electrons. The Bertz CT molecular complexity index is 1990. The predicted octanol–water partition coefficient (Wildman–Crippen LogP) is 2.30. The van der Waals surface area contributed by atoms with Crippen LogP contribution in [0.3, 0.4) is 0 Å². The van der Waals surface area contributed by atoms with Crippen LogP contribution in [-0.2, 0) is 57.3 Å². The highest BCUT2D eigenvalue weighted by atomic mass is 16.6. The van der Waals surface area contributed by atoms with E-state index >= 15 is 0 Å². The lowest BCUT2D eigenvalue weighted by molar-refractivity contribution is -0.858. The van der Waals surface area contributed by atoms with Gasteiger partial charge in [-0.05, 0) is 128 Å². The lowest BCUT2D eigenvalue weighted by Gasteiger charge is -2.28. The summed E-state index contributed by atoms with van der Waals surface area (Å²) >= 11 is 0. The van der Waals surface area contributed by atoms with Gasteiger partial charge >= 0.3 is 23.9 Å². The van der Waals surface area contributed by atoms with Gasteiger partial charge in [0.25, 0.3) is 0 Å². The van der Waals surface area contributed by atoms with Gasteiger partial charge < -0.3 is 74.6 Å². The van der Waals surface area contributed by atoms with Crippen molar-refractivity contribution >= 4 is 59.4 Å². The SMILES string of the molecule is C.CCC(C)C(=O)NC(C)(C)C(=O)OCCC[NH+](C)C.CCC(C)C(=O)NC(C)(C)C(=O)OCCC[NH+](C)C.CCC(C)C(=O)NC(C)(C)C(=O)[O-].CCC(C)C1=NC(C)(C)C(=O)O1.CCC(C)C1=NC(C)(C)C(=O)O1.CN(C)CCCO.C[NH+](C)CCCO. The highest BCUT2D eigenvalue weighted by Crippen LogP contribution is 2.24. The van der Waals surface area contributed by atoms with Crippen LogP contribution in [0.25, 0.3) is 0 Å². The minimum Gasteiger partial charge on any atom is -0.548 e. The van der Waals surface area contributed by atoms with Crippen molar-refractivity contribution in [3.8, 4) is 0 Å². The zero-order chi connectivity index (χ0) is 70.9. The number of hydrogen-bond acceptors (Lipinski definition) is 18. The minimum absolute atomic E-state index is 0. The Kier molecular flexibility index (Phi) is 52.8. The summed E-state index contributed by atoms with van der Waals surface area (Å²) in [6.07, 6.45) is 7.53. The summed E-state index contributed by atoms with van der Waals surface area (Å²) in [5.41, 5.74) is -4.56. The van der Waals surface area contributed by atoms with E-state index in [1.807, 2.05) is 76.4 Å². The molecule has 2 heterocycles. The second-order valence-electron chi connectivity index (χ2n) is 26.8. The Balaban J connectivity index is -0.000000234. The number of cyclic esters (lactones) is 2. The Morgan fingerprint density at radius 3 is 1.00 bits per heavy atom. The summed E-state index contributed by atoms with van der Waals surface area (Å²) in [6, 6.07) is 0. The first-order chi connectivity index (χ1) is 40.7. The van der Waals surface area contributed by atoms with Crippen molar-refractivity contribution < 1.29 is 87.3 Å². The van der Waals surface area contributed by atoms with Crippen molar-refractivity contribution in [3.63, 3.8) is 0 Å². The van der Waals surface area contributed by atoms with E-state index in [0.29, 0.717) is 44.6 Å². The maximum atomic E-state index is 11.9. The number of quaternary nitrogens is 3. The molecule has 0 aromatic heterocycles. The topological polar surface area (TPSA) is 314 Å². The van der Waals surface area contributed by atoms with E-state index in [4.69, 9.17) is 29.2 Å². The molecule has 0 saturated heterocycles. The standard InChI is InChI=1S/2C14H28N2O3.C9H17NO3.2C9H15NO2.2C5H13NO.CH4/c2*1-7-11(2)12(17)15-14(3,4)13(18)19-10-8-9-16(5)6;1-5-6(2)7(11)10-9(3,4)8(12)13;2*1-5-6(2)7-10-9(3,4)8(11)12-7;2*1-6(2)4-3-5-7;/h2*11H,7-10H2,1-6H3,(H,15,17);6H,5H2,1-4H3,(H,10,11)(H,12,13);2*6H,5H2,1-4H3;2*7H,3-5H2,1-2H3;1H4/p+2.